The zero-order chi connectivity index (χ0) is 14.0. The minimum Gasteiger partial charge on any atom is -0.292 e. The number of hydrogen-bond acceptors (Lipinski definition) is 2. The quantitative estimate of drug-likeness (QED) is 0.772. The lowest BCUT2D eigenvalue weighted by molar-refractivity contribution is 0.0607. The SMILES string of the molecule is Cc1ccc(C(=O)C(C)N2CC(C)CCC2C)cc1. The van der Waals surface area contributed by atoms with Crippen LogP contribution < -0.4 is 0 Å². The van der Waals surface area contributed by atoms with Crippen LogP contribution in [-0.4, -0.2) is 29.3 Å². The Bertz CT molecular complexity index is 437. The van der Waals surface area contributed by atoms with Crippen LogP contribution in [0.25, 0.3) is 0 Å². The van der Waals surface area contributed by atoms with Gasteiger partial charge < -0.3 is 0 Å². The van der Waals surface area contributed by atoms with E-state index in [0.717, 1.165) is 12.1 Å². The topological polar surface area (TPSA) is 20.3 Å². The molecule has 1 aliphatic rings. The van der Waals surface area contributed by atoms with Crippen LogP contribution >= 0.6 is 0 Å². The number of nitrogens with zero attached hydrogens (tertiary/aromatic N) is 1. The second-order valence-electron chi connectivity index (χ2n) is 6.13. The molecular weight excluding hydrogens is 234 g/mol. The van der Waals surface area contributed by atoms with E-state index in [-0.39, 0.29) is 11.8 Å². The molecule has 0 aliphatic carbocycles. The highest BCUT2D eigenvalue weighted by Crippen LogP contribution is 2.24. The Hall–Kier alpha value is -1.15. The fraction of sp³-hybridized carbons (Fsp3) is 0.588. The third-order valence-corrected chi connectivity index (χ3v) is 4.38. The molecule has 2 nitrogen and oxygen atoms in total. The fourth-order valence-electron chi connectivity index (χ4n) is 2.97. The van der Waals surface area contributed by atoms with Crippen molar-refractivity contribution in [3.05, 3.63) is 35.4 Å². The third kappa shape index (κ3) is 3.24. The van der Waals surface area contributed by atoms with Gasteiger partial charge in [0, 0.05) is 18.2 Å². The third-order valence-electron chi connectivity index (χ3n) is 4.38. The Morgan fingerprint density at radius 3 is 2.47 bits per heavy atom. The number of ketones is 1. The molecule has 19 heavy (non-hydrogen) atoms. The first-order chi connectivity index (χ1) is 8.99. The van der Waals surface area contributed by atoms with Gasteiger partial charge >= 0.3 is 0 Å². The second-order valence-corrected chi connectivity index (χ2v) is 6.13. The molecule has 3 atom stereocenters. The number of benzene rings is 1. The molecule has 0 amide bonds. The van der Waals surface area contributed by atoms with Gasteiger partial charge in [-0.15, -0.1) is 0 Å². The number of rotatable bonds is 3. The van der Waals surface area contributed by atoms with Crippen LogP contribution in [0.1, 0.15) is 49.5 Å². The Morgan fingerprint density at radius 1 is 1.21 bits per heavy atom. The highest BCUT2D eigenvalue weighted by molar-refractivity contribution is 5.99. The molecule has 0 saturated carbocycles. The van der Waals surface area contributed by atoms with Gasteiger partial charge in [-0.05, 0) is 39.5 Å². The average molecular weight is 259 g/mol. The summed E-state index contributed by atoms with van der Waals surface area (Å²) < 4.78 is 0. The lowest BCUT2D eigenvalue weighted by atomic mass is 9.92. The van der Waals surface area contributed by atoms with Crippen LogP contribution in [0.5, 0.6) is 0 Å². The summed E-state index contributed by atoms with van der Waals surface area (Å²) in [6.45, 7) is 9.66. The highest BCUT2D eigenvalue weighted by atomic mass is 16.1. The smallest absolute Gasteiger partial charge is 0.179 e. The van der Waals surface area contributed by atoms with Gasteiger partial charge in [0.25, 0.3) is 0 Å². The molecule has 1 aliphatic heterocycles. The summed E-state index contributed by atoms with van der Waals surface area (Å²) in [6.07, 6.45) is 2.48. The van der Waals surface area contributed by atoms with Crippen LogP contribution in [0.4, 0.5) is 0 Å². The molecule has 1 aromatic carbocycles. The van der Waals surface area contributed by atoms with Gasteiger partial charge in [-0.25, -0.2) is 0 Å². The molecule has 0 bridgehead atoms. The molecule has 1 fully saturated rings. The van der Waals surface area contributed by atoms with Crippen molar-refractivity contribution >= 4 is 5.78 Å². The average Bonchev–Trinajstić information content (AvgIpc) is 2.41. The predicted octanol–water partition coefficient (Wildman–Crippen LogP) is 3.69. The summed E-state index contributed by atoms with van der Waals surface area (Å²) >= 11 is 0. The summed E-state index contributed by atoms with van der Waals surface area (Å²) in [5.41, 5.74) is 2.03. The van der Waals surface area contributed by atoms with Crippen LogP contribution in [0.3, 0.4) is 0 Å². The summed E-state index contributed by atoms with van der Waals surface area (Å²) in [4.78, 5) is 14.9. The van der Waals surface area contributed by atoms with Crippen molar-refractivity contribution in [1.29, 1.82) is 0 Å². The Balaban J connectivity index is 2.11. The predicted molar refractivity (Wildman–Crippen MR) is 79.5 cm³/mol. The van der Waals surface area contributed by atoms with E-state index >= 15 is 0 Å². The maximum absolute atomic E-state index is 12.6. The lowest BCUT2D eigenvalue weighted by Gasteiger charge is -2.40. The Kier molecular flexibility index (Phi) is 4.41. The van der Waals surface area contributed by atoms with Gasteiger partial charge in [0.05, 0.1) is 6.04 Å². The minimum atomic E-state index is -0.0135. The minimum absolute atomic E-state index is 0.0135. The normalized spacial score (nSPS) is 26.1. The Morgan fingerprint density at radius 2 is 1.84 bits per heavy atom. The van der Waals surface area contributed by atoms with E-state index in [1.165, 1.54) is 18.4 Å². The number of Topliss-reactive ketones (excluding diaryl/α,β-unsaturated/α-hetero) is 1. The first-order valence-corrected chi connectivity index (χ1v) is 7.35. The van der Waals surface area contributed by atoms with E-state index in [1.54, 1.807) is 0 Å². The Labute approximate surface area is 116 Å². The van der Waals surface area contributed by atoms with E-state index in [9.17, 15) is 4.79 Å². The molecule has 0 aromatic heterocycles. The number of aryl methyl sites for hydroxylation is 1. The van der Waals surface area contributed by atoms with Crippen molar-refractivity contribution in [2.75, 3.05) is 6.54 Å². The standard InChI is InChI=1S/C17H25NO/c1-12-6-9-16(10-7-12)17(19)15(4)18-11-13(2)5-8-14(18)3/h6-7,9-10,13-15H,5,8,11H2,1-4H3. The fourth-order valence-corrected chi connectivity index (χ4v) is 2.97. The van der Waals surface area contributed by atoms with Crippen molar-refractivity contribution in [1.82, 2.24) is 4.90 Å². The van der Waals surface area contributed by atoms with E-state index in [0.29, 0.717) is 12.0 Å². The molecule has 104 valence electrons. The van der Waals surface area contributed by atoms with Crippen molar-refractivity contribution in [2.24, 2.45) is 5.92 Å². The molecule has 2 heteroatoms. The first-order valence-electron chi connectivity index (χ1n) is 7.35. The van der Waals surface area contributed by atoms with Gasteiger partial charge in [-0.1, -0.05) is 36.8 Å². The van der Waals surface area contributed by atoms with Crippen LogP contribution in [0.15, 0.2) is 24.3 Å². The van der Waals surface area contributed by atoms with E-state index in [1.807, 2.05) is 31.2 Å². The van der Waals surface area contributed by atoms with E-state index in [4.69, 9.17) is 0 Å². The molecule has 1 aromatic rings. The van der Waals surface area contributed by atoms with Crippen molar-refractivity contribution < 1.29 is 4.79 Å². The van der Waals surface area contributed by atoms with Crippen molar-refractivity contribution in [3.63, 3.8) is 0 Å². The zero-order valence-electron chi connectivity index (χ0n) is 12.5. The van der Waals surface area contributed by atoms with Gasteiger partial charge in [-0.2, -0.15) is 0 Å². The van der Waals surface area contributed by atoms with E-state index in [2.05, 4.69) is 25.7 Å². The number of hydrogen-bond donors (Lipinski definition) is 0. The molecule has 1 heterocycles. The maximum atomic E-state index is 12.6. The number of carbonyl (C=O) groups is 1. The van der Waals surface area contributed by atoms with Crippen LogP contribution in [0.2, 0.25) is 0 Å². The monoisotopic (exact) mass is 259 g/mol. The van der Waals surface area contributed by atoms with Crippen molar-refractivity contribution in [3.8, 4) is 0 Å². The van der Waals surface area contributed by atoms with Crippen LogP contribution in [0, 0.1) is 12.8 Å². The van der Waals surface area contributed by atoms with Gasteiger partial charge in [-0.3, -0.25) is 9.69 Å². The second kappa shape index (κ2) is 5.87. The zero-order valence-corrected chi connectivity index (χ0v) is 12.5. The van der Waals surface area contributed by atoms with Gasteiger partial charge in [0.15, 0.2) is 5.78 Å². The summed E-state index contributed by atoms with van der Waals surface area (Å²) in [6, 6.07) is 8.43. The molecule has 0 radical (unpaired) electrons. The molecule has 3 unspecified atom stereocenters. The largest absolute Gasteiger partial charge is 0.292 e. The molecule has 2 rings (SSSR count). The number of piperidine rings is 1. The maximum Gasteiger partial charge on any atom is 0.179 e. The number of likely N-dealkylation sites (tertiary alicyclic amines) is 1. The van der Waals surface area contributed by atoms with Crippen molar-refractivity contribution in [2.45, 2.75) is 52.6 Å². The highest BCUT2D eigenvalue weighted by Gasteiger charge is 2.30. The van der Waals surface area contributed by atoms with Gasteiger partial charge in [0.1, 0.15) is 0 Å². The first kappa shape index (κ1) is 14.3. The molecule has 0 N–H and O–H groups in total. The summed E-state index contributed by atoms with van der Waals surface area (Å²) in [7, 11) is 0. The van der Waals surface area contributed by atoms with E-state index < -0.39 is 0 Å². The molecule has 1 saturated heterocycles. The van der Waals surface area contributed by atoms with Gasteiger partial charge in [0.2, 0.25) is 0 Å². The molecule has 0 spiro atoms. The summed E-state index contributed by atoms with van der Waals surface area (Å²) in [5.74, 6) is 0.949. The number of carbonyl (C=O) groups excluding carboxylic acids is 1. The lowest BCUT2D eigenvalue weighted by Crippen LogP contribution is -2.49. The van der Waals surface area contributed by atoms with Crippen LogP contribution in [-0.2, 0) is 0 Å². The summed E-state index contributed by atoms with van der Waals surface area (Å²) in [5, 5.41) is 0. The molecular formula is C17H25NO.